The summed E-state index contributed by atoms with van der Waals surface area (Å²) < 4.78 is 30.0. The second-order valence-corrected chi connectivity index (χ2v) is 10.4. The molecular formula is C21H30KN4O3S. The maximum Gasteiger partial charge on any atom is 0.333 e. The summed E-state index contributed by atoms with van der Waals surface area (Å²) in [6.07, 6.45) is 7.91. The van der Waals surface area contributed by atoms with Gasteiger partial charge in [-0.1, -0.05) is 13.0 Å². The van der Waals surface area contributed by atoms with Crippen LogP contribution in [0.15, 0.2) is 6.07 Å². The van der Waals surface area contributed by atoms with E-state index in [0.29, 0.717) is 0 Å². The Morgan fingerprint density at radius 2 is 1.60 bits per heavy atom. The van der Waals surface area contributed by atoms with Crippen LogP contribution in [0, 0.1) is 0 Å². The summed E-state index contributed by atoms with van der Waals surface area (Å²) in [4.78, 5) is 15.1. The van der Waals surface area contributed by atoms with Gasteiger partial charge in [0.2, 0.25) is 0 Å². The van der Waals surface area contributed by atoms with Gasteiger partial charge in [0.05, 0.1) is 0 Å². The number of nitrogens with zero attached hydrogens (tertiary/aromatic N) is 2. The maximum atomic E-state index is 13.0. The van der Waals surface area contributed by atoms with E-state index in [1.165, 1.54) is 22.3 Å². The van der Waals surface area contributed by atoms with Crippen molar-refractivity contribution in [1.29, 1.82) is 0 Å². The molecule has 0 spiro atoms. The molecule has 7 nitrogen and oxygen atoms in total. The fraction of sp³-hybridized carbons (Fsp3) is 0.667. The molecule has 2 bridgehead atoms. The molecule has 2 unspecified atom stereocenters. The number of benzene rings is 1. The van der Waals surface area contributed by atoms with E-state index in [2.05, 4.69) is 27.9 Å². The number of rotatable bonds is 4. The molecule has 5 rings (SSSR count). The second kappa shape index (κ2) is 9.09. The number of hydrogen-bond acceptors (Lipinski definition) is 4. The third-order valence-corrected chi connectivity index (χ3v) is 8.74. The number of hydrogen-bond donors (Lipinski definition) is 2. The third kappa shape index (κ3) is 4.16. The van der Waals surface area contributed by atoms with Crippen LogP contribution in [0.3, 0.4) is 0 Å². The van der Waals surface area contributed by atoms with Gasteiger partial charge in [0.15, 0.2) is 0 Å². The molecule has 2 atom stereocenters. The number of aryl methyl sites for hydroxylation is 2. The SMILES string of the molecule is CCN1CC2CCC(C1)N2S(=O)(=O)NC(=O)Nc1c2c(cc3c1CCC3)CCC2.[K]. The number of carbonyl (C=O) groups is 1. The Labute approximate surface area is 221 Å². The molecule has 2 fully saturated rings. The molecule has 9 heteroatoms. The van der Waals surface area contributed by atoms with Crippen molar-refractivity contribution in [2.75, 3.05) is 25.0 Å². The number of likely N-dealkylation sites (tertiary alicyclic amines) is 1. The van der Waals surface area contributed by atoms with Crippen LogP contribution in [0.4, 0.5) is 10.5 Å². The van der Waals surface area contributed by atoms with E-state index in [1.807, 2.05) is 0 Å². The minimum atomic E-state index is -3.85. The van der Waals surface area contributed by atoms with Gasteiger partial charge in [-0.05, 0) is 80.2 Å². The Balaban J connectivity index is 0.00000218. The van der Waals surface area contributed by atoms with Gasteiger partial charge in [0.1, 0.15) is 0 Å². The van der Waals surface area contributed by atoms with Gasteiger partial charge < -0.3 is 10.2 Å². The van der Waals surface area contributed by atoms with Gasteiger partial charge >= 0.3 is 16.2 Å². The molecule has 1 radical (unpaired) electrons. The molecule has 0 saturated carbocycles. The number of nitrogens with one attached hydrogen (secondary N) is 2. The van der Waals surface area contributed by atoms with Crippen molar-refractivity contribution in [3.05, 3.63) is 28.3 Å². The summed E-state index contributed by atoms with van der Waals surface area (Å²) in [5.41, 5.74) is 5.92. The van der Waals surface area contributed by atoms with Gasteiger partial charge in [0.25, 0.3) is 0 Å². The maximum absolute atomic E-state index is 13.0. The standard InChI is InChI=1S/C21H30N4O3S.K/c1-2-24-12-16-9-10-17(13-24)25(16)29(27,28)23-21(26)22-20-18-7-3-5-14(18)11-15-6-4-8-19(15)20;/h11,16-17H,2-10,12-13H2,1H3,(H2,22,23,26);. The first-order valence-corrected chi connectivity index (χ1v) is 12.4. The molecule has 2 aliphatic carbocycles. The Hall–Kier alpha value is -0.00364. The van der Waals surface area contributed by atoms with Crippen molar-refractivity contribution in [2.24, 2.45) is 0 Å². The average Bonchev–Trinajstić information content (AvgIpc) is 3.39. The minimum absolute atomic E-state index is 0. The summed E-state index contributed by atoms with van der Waals surface area (Å²) in [5, 5.41) is 2.94. The summed E-state index contributed by atoms with van der Waals surface area (Å²) in [6, 6.07) is 1.60. The van der Waals surface area contributed by atoms with E-state index in [1.54, 1.807) is 4.31 Å². The predicted molar refractivity (Wildman–Crippen MR) is 118 cm³/mol. The van der Waals surface area contributed by atoms with Crippen LogP contribution in [-0.2, 0) is 35.9 Å². The number of likely N-dealkylation sites (N-methyl/N-ethyl adjacent to an activating group) is 1. The van der Waals surface area contributed by atoms with Crippen molar-refractivity contribution in [2.45, 2.75) is 70.4 Å². The van der Waals surface area contributed by atoms with E-state index in [-0.39, 0.29) is 63.5 Å². The largest absolute Gasteiger partial charge is 0.333 e. The predicted octanol–water partition coefficient (Wildman–Crippen LogP) is 1.82. The van der Waals surface area contributed by atoms with Crippen molar-refractivity contribution < 1.29 is 13.2 Å². The van der Waals surface area contributed by atoms with Gasteiger partial charge in [0, 0.05) is 82.2 Å². The number of urea groups is 1. The van der Waals surface area contributed by atoms with Gasteiger partial charge in [-0.3, -0.25) is 0 Å². The van der Waals surface area contributed by atoms with E-state index < -0.39 is 16.2 Å². The summed E-state index contributed by atoms with van der Waals surface area (Å²) in [6.45, 7) is 4.52. The quantitative estimate of drug-likeness (QED) is 0.676. The monoisotopic (exact) mass is 457 g/mol. The zero-order chi connectivity index (χ0) is 20.2. The van der Waals surface area contributed by atoms with E-state index in [9.17, 15) is 13.2 Å². The minimum Gasteiger partial charge on any atom is -0.307 e. The molecule has 2 saturated heterocycles. The molecular weight excluding hydrogens is 427 g/mol. The average molecular weight is 458 g/mol. The van der Waals surface area contributed by atoms with Gasteiger partial charge in [-0.15, -0.1) is 0 Å². The van der Waals surface area contributed by atoms with E-state index in [4.69, 9.17) is 0 Å². The van der Waals surface area contributed by atoms with Crippen LogP contribution < -0.4 is 10.0 Å². The number of anilines is 1. The van der Waals surface area contributed by atoms with Crippen molar-refractivity contribution >= 4 is 73.3 Å². The molecule has 30 heavy (non-hydrogen) atoms. The first kappa shape index (κ1) is 23.2. The van der Waals surface area contributed by atoms with Crippen molar-refractivity contribution in [3.63, 3.8) is 0 Å². The second-order valence-electron chi connectivity index (χ2n) is 8.86. The Kier molecular flexibility index (Phi) is 7.02. The first-order chi connectivity index (χ1) is 14.0. The van der Waals surface area contributed by atoms with Gasteiger partial charge in [-0.2, -0.15) is 12.7 Å². The number of piperazine rings is 1. The molecule has 1 aromatic carbocycles. The molecule has 2 N–H and O–H groups in total. The van der Waals surface area contributed by atoms with E-state index in [0.717, 1.165) is 76.7 Å². The molecule has 2 amide bonds. The van der Waals surface area contributed by atoms with Gasteiger partial charge in [-0.25, -0.2) is 9.52 Å². The van der Waals surface area contributed by atoms with Crippen LogP contribution in [-0.4, -0.2) is 107 Å². The van der Waals surface area contributed by atoms with Crippen LogP contribution in [0.2, 0.25) is 0 Å². The van der Waals surface area contributed by atoms with Crippen molar-refractivity contribution in [3.8, 4) is 0 Å². The Morgan fingerprint density at radius 1 is 1.03 bits per heavy atom. The topological polar surface area (TPSA) is 81.8 Å². The normalized spacial score (nSPS) is 25.5. The van der Waals surface area contributed by atoms with Crippen LogP contribution in [0.5, 0.6) is 0 Å². The third-order valence-electron chi connectivity index (χ3n) is 7.15. The zero-order valence-corrected chi connectivity index (χ0v) is 22.0. The summed E-state index contributed by atoms with van der Waals surface area (Å²) in [7, 11) is -3.85. The number of fused-ring (bicyclic) bond motifs is 4. The molecule has 2 aliphatic heterocycles. The Morgan fingerprint density at radius 3 is 2.13 bits per heavy atom. The fourth-order valence-electron chi connectivity index (χ4n) is 5.88. The molecule has 4 aliphatic rings. The fourth-order valence-corrected chi connectivity index (χ4v) is 7.40. The van der Waals surface area contributed by atoms with Crippen LogP contribution >= 0.6 is 0 Å². The van der Waals surface area contributed by atoms with Crippen LogP contribution in [0.1, 0.15) is 54.9 Å². The molecule has 2 heterocycles. The summed E-state index contributed by atoms with van der Waals surface area (Å²) in [5.74, 6) is 0. The Bertz CT molecular complexity index is 906. The number of amides is 2. The van der Waals surface area contributed by atoms with Crippen molar-refractivity contribution in [1.82, 2.24) is 13.9 Å². The summed E-state index contributed by atoms with van der Waals surface area (Å²) >= 11 is 0. The molecule has 0 aromatic heterocycles. The van der Waals surface area contributed by atoms with E-state index >= 15 is 0 Å². The first-order valence-electron chi connectivity index (χ1n) is 11.0. The van der Waals surface area contributed by atoms with Crippen LogP contribution in [0.25, 0.3) is 0 Å². The number of carbonyl (C=O) groups excluding carboxylic acids is 1. The molecule has 159 valence electrons. The zero-order valence-electron chi connectivity index (χ0n) is 18.0. The molecule has 1 aromatic rings. The smallest absolute Gasteiger partial charge is 0.307 e.